The highest BCUT2D eigenvalue weighted by atomic mass is 16.7. The summed E-state index contributed by atoms with van der Waals surface area (Å²) in [6.45, 7) is 7.56. The summed E-state index contributed by atoms with van der Waals surface area (Å²) in [5.74, 6) is 0. The molecule has 1 aliphatic heterocycles. The lowest BCUT2D eigenvalue weighted by molar-refractivity contribution is -0.384. The second-order valence-corrected chi connectivity index (χ2v) is 5.25. The van der Waals surface area contributed by atoms with Gasteiger partial charge in [0.05, 0.1) is 16.1 Å². The normalized spacial score (nSPS) is 21.0. The third-order valence-electron chi connectivity index (χ3n) is 3.49. The SMILES string of the molecule is CC1(C)OB(c2ncccc2[N+](=O)[O-])OC1(C)C. The van der Waals surface area contributed by atoms with Crippen LogP contribution in [-0.2, 0) is 9.31 Å². The van der Waals surface area contributed by atoms with Gasteiger partial charge in [-0.1, -0.05) is 0 Å². The number of nitro groups is 1. The van der Waals surface area contributed by atoms with Crippen molar-refractivity contribution in [3.05, 3.63) is 28.4 Å². The number of nitrogens with zero attached hydrogens (tertiary/aromatic N) is 2. The highest BCUT2D eigenvalue weighted by Gasteiger charge is 2.54. The fourth-order valence-electron chi connectivity index (χ4n) is 1.70. The minimum absolute atomic E-state index is 0.0870. The van der Waals surface area contributed by atoms with Crippen molar-refractivity contribution in [2.45, 2.75) is 38.9 Å². The average Bonchev–Trinajstić information content (AvgIpc) is 2.48. The molecule has 1 aliphatic rings. The van der Waals surface area contributed by atoms with Crippen molar-refractivity contribution in [1.82, 2.24) is 4.98 Å². The van der Waals surface area contributed by atoms with Crippen LogP contribution in [0.2, 0.25) is 0 Å². The van der Waals surface area contributed by atoms with E-state index in [9.17, 15) is 10.1 Å². The van der Waals surface area contributed by atoms with E-state index in [4.69, 9.17) is 9.31 Å². The highest BCUT2D eigenvalue weighted by Crippen LogP contribution is 2.36. The van der Waals surface area contributed by atoms with E-state index in [2.05, 4.69) is 4.98 Å². The monoisotopic (exact) mass is 250 g/mol. The van der Waals surface area contributed by atoms with Crippen LogP contribution < -0.4 is 5.59 Å². The van der Waals surface area contributed by atoms with Gasteiger partial charge in [-0.3, -0.25) is 15.1 Å². The van der Waals surface area contributed by atoms with Crippen molar-refractivity contribution in [3.63, 3.8) is 0 Å². The van der Waals surface area contributed by atoms with Crippen molar-refractivity contribution in [2.24, 2.45) is 0 Å². The third kappa shape index (κ3) is 1.99. The Labute approximate surface area is 106 Å². The molecule has 2 heterocycles. The van der Waals surface area contributed by atoms with E-state index in [0.29, 0.717) is 0 Å². The molecule has 0 amide bonds. The molecule has 0 aromatic carbocycles. The first-order valence-corrected chi connectivity index (χ1v) is 5.69. The lowest BCUT2D eigenvalue weighted by Gasteiger charge is -2.32. The Hall–Kier alpha value is -1.47. The van der Waals surface area contributed by atoms with Crippen molar-refractivity contribution in [1.29, 1.82) is 0 Å². The van der Waals surface area contributed by atoms with E-state index < -0.39 is 23.2 Å². The first-order chi connectivity index (χ1) is 8.24. The third-order valence-corrected chi connectivity index (χ3v) is 3.49. The van der Waals surface area contributed by atoms with E-state index in [1.165, 1.54) is 18.3 Å². The van der Waals surface area contributed by atoms with Gasteiger partial charge >= 0.3 is 7.12 Å². The van der Waals surface area contributed by atoms with Gasteiger partial charge < -0.3 is 9.31 Å². The van der Waals surface area contributed by atoms with Crippen LogP contribution in [0, 0.1) is 10.1 Å². The van der Waals surface area contributed by atoms with Gasteiger partial charge in [-0.25, -0.2) is 0 Å². The molecule has 0 aliphatic carbocycles. The Morgan fingerprint density at radius 3 is 2.33 bits per heavy atom. The van der Waals surface area contributed by atoms with Gasteiger partial charge in [0.15, 0.2) is 0 Å². The molecule has 1 aromatic heterocycles. The van der Waals surface area contributed by atoms with Gasteiger partial charge in [0, 0.05) is 12.3 Å². The molecule has 0 radical (unpaired) electrons. The van der Waals surface area contributed by atoms with Crippen LogP contribution in [0.5, 0.6) is 0 Å². The Morgan fingerprint density at radius 2 is 1.83 bits per heavy atom. The van der Waals surface area contributed by atoms with Gasteiger partial charge in [0.25, 0.3) is 5.69 Å². The summed E-state index contributed by atoms with van der Waals surface area (Å²) >= 11 is 0. The quantitative estimate of drug-likeness (QED) is 0.449. The zero-order valence-corrected chi connectivity index (χ0v) is 10.8. The standard InChI is InChI=1S/C11H15BN2O4/c1-10(2)11(3,4)18-12(17-10)9-8(14(15)16)6-5-7-13-9/h5-7H,1-4H3. The fourth-order valence-corrected chi connectivity index (χ4v) is 1.70. The predicted octanol–water partition coefficient (Wildman–Crippen LogP) is 1.29. The molecule has 18 heavy (non-hydrogen) atoms. The summed E-state index contributed by atoms with van der Waals surface area (Å²) in [5, 5.41) is 11.0. The Bertz CT molecular complexity index is 474. The lowest BCUT2D eigenvalue weighted by atomic mass is 9.83. The Kier molecular flexibility index (Phi) is 2.91. The Morgan fingerprint density at radius 1 is 1.28 bits per heavy atom. The zero-order valence-electron chi connectivity index (χ0n) is 10.8. The molecule has 7 heteroatoms. The summed E-state index contributed by atoms with van der Waals surface area (Å²) in [7, 11) is -0.809. The van der Waals surface area contributed by atoms with Crippen LogP contribution in [0.1, 0.15) is 27.7 Å². The minimum Gasteiger partial charge on any atom is -0.398 e. The molecule has 0 atom stereocenters. The smallest absolute Gasteiger partial charge is 0.398 e. The second kappa shape index (κ2) is 4.03. The van der Waals surface area contributed by atoms with Crippen molar-refractivity contribution >= 4 is 18.4 Å². The zero-order chi connectivity index (χ0) is 13.6. The van der Waals surface area contributed by atoms with Crippen LogP contribution in [0.3, 0.4) is 0 Å². The maximum atomic E-state index is 11.0. The van der Waals surface area contributed by atoms with E-state index in [0.717, 1.165) is 0 Å². The molecule has 96 valence electrons. The molecule has 1 aromatic rings. The highest BCUT2D eigenvalue weighted by molar-refractivity contribution is 6.62. The van der Waals surface area contributed by atoms with Crippen LogP contribution in [0.25, 0.3) is 0 Å². The number of aromatic nitrogens is 1. The molecular formula is C11H15BN2O4. The predicted molar refractivity (Wildman–Crippen MR) is 66.6 cm³/mol. The molecule has 6 nitrogen and oxygen atoms in total. The van der Waals surface area contributed by atoms with Crippen molar-refractivity contribution < 1.29 is 14.2 Å². The second-order valence-electron chi connectivity index (χ2n) is 5.25. The molecule has 0 spiro atoms. The maximum Gasteiger partial charge on any atom is 0.521 e. The molecular weight excluding hydrogens is 235 g/mol. The minimum atomic E-state index is -0.809. The number of hydrogen-bond acceptors (Lipinski definition) is 5. The lowest BCUT2D eigenvalue weighted by Crippen LogP contribution is -2.41. The molecule has 0 N–H and O–H groups in total. The summed E-state index contributed by atoms with van der Waals surface area (Å²) in [6.07, 6.45) is 1.49. The summed E-state index contributed by atoms with van der Waals surface area (Å²) in [4.78, 5) is 14.5. The molecule has 1 saturated heterocycles. The van der Waals surface area contributed by atoms with E-state index >= 15 is 0 Å². The van der Waals surface area contributed by atoms with E-state index in [-0.39, 0.29) is 11.3 Å². The van der Waals surface area contributed by atoms with E-state index in [1.807, 2.05) is 27.7 Å². The van der Waals surface area contributed by atoms with Crippen LogP contribution in [0.4, 0.5) is 5.69 Å². The first-order valence-electron chi connectivity index (χ1n) is 5.69. The van der Waals surface area contributed by atoms with Crippen LogP contribution >= 0.6 is 0 Å². The van der Waals surface area contributed by atoms with Crippen molar-refractivity contribution in [3.8, 4) is 0 Å². The molecule has 0 bridgehead atoms. The molecule has 0 saturated carbocycles. The number of pyridine rings is 1. The summed E-state index contributed by atoms with van der Waals surface area (Å²) in [5.41, 5.74) is -0.955. The van der Waals surface area contributed by atoms with Gasteiger partial charge in [-0.2, -0.15) is 0 Å². The molecule has 0 unspecified atom stereocenters. The average molecular weight is 250 g/mol. The van der Waals surface area contributed by atoms with Crippen LogP contribution in [0.15, 0.2) is 18.3 Å². The summed E-state index contributed by atoms with van der Waals surface area (Å²) in [6, 6.07) is 2.92. The Balaban J connectivity index is 2.38. The maximum absolute atomic E-state index is 11.0. The van der Waals surface area contributed by atoms with Crippen molar-refractivity contribution in [2.75, 3.05) is 0 Å². The summed E-state index contributed by atoms with van der Waals surface area (Å²) < 4.78 is 11.5. The topological polar surface area (TPSA) is 74.5 Å². The van der Waals surface area contributed by atoms with Crippen LogP contribution in [-0.4, -0.2) is 28.2 Å². The number of rotatable bonds is 2. The van der Waals surface area contributed by atoms with Gasteiger partial charge in [-0.05, 0) is 33.8 Å². The van der Waals surface area contributed by atoms with Gasteiger partial charge in [-0.15, -0.1) is 0 Å². The van der Waals surface area contributed by atoms with E-state index in [1.54, 1.807) is 0 Å². The van der Waals surface area contributed by atoms with Gasteiger partial charge in [0.2, 0.25) is 0 Å². The fraction of sp³-hybridized carbons (Fsp3) is 0.545. The first kappa shape index (κ1) is 13.0. The van der Waals surface area contributed by atoms with Gasteiger partial charge in [0.1, 0.15) is 5.59 Å². The molecule has 1 fully saturated rings. The number of hydrogen-bond donors (Lipinski definition) is 0. The largest absolute Gasteiger partial charge is 0.521 e. The molecule has 2 rings (SSSR count).